The molecule has 0 aromatic carbocycles. The van der Waals surface area contributed by atoms with Crippen LogP contribution in [-0.2, 0) is 6.42 Å². The molecule has 1 aromatic rings. The van der Waals surface area contributed by atoms with Crippen molar-refractivity contribution in [2.24, 2.45) is 0 Å². The second-order valence-corrected chi connectivity index (χ2v) is 4.27. The summed E-state index contributed by atoms with van der Waals surface area (Å²) in [5, 5.41) is 3.60. The van der Waals surface area contributed by atoms with Crippen molar-refractivity contribution in [3.8, 4) is 0 Å². The van der Waals surface area contributed by atoms with Crippen LogP contribution in [0.5, 0.6) is 0 Å². The average Bonchev–Trinajstić information content (AvgIpc) is 2.30. The summed E-state index contributed by atoms with van der Waals surface area (Å²) < 4.78 is 0. The highest BCUT2D eigenvalue weighted by atomic mass is 15.0. The third-order valence-electron chi connectivity index (χ3n) is 3.22. The van der Waals surface area contributed by atoms with Crippen LogP contribution in [0.2, 0.25) is 0 Å². The van der Waals surface area contributed by atoms with Gasteiger partial charge in [-0.15, -0.1) is 0 Å². The Bertz CT molecular complexity index is 265. The Morgan fingerprint density at radius 3 is 2.53 bits per heavy atom. The van der Waals surface area contributed by atoms with Crippen LogP contribution in [0.25, 0.3) is 0 Å². The molecule has 1 N–H and O–H groups in total. The first kappa shape index (κ1) is 12.2. The van der Waals surface area contributed by atoms with Crippen molar-refractivity contribution in [2.75, 3.05) is 6.54 Å². The maximum atomic E-state index is 4.31. The highest BCUT2D eigenvalue weighted by molar-refractivity contribution is 5.03. The van der Waals surface area contributed by atoms with Gasteiger partial charge in [-0.05, 0) is 31.9 Å². The smallest absolute Gasteiger partial charge is 0.0416 e. The van der Waals surface area contributed by atoms with Crippen LogP contribution >= 0.6 is 0 Å². The summed E-state index contributed by atoms with van der Waals surface area (Å²) in [4.78, 5) is 4.31. The van der Waals surface area contributed by atoms with E-state index in [0.717, 1.165) is 13.0 Å². The maximum Gasteiger partial charge on any atom is 0.0416 e. The number of rotatable bonds is 6. The predicted octanol–water partition coefficient (Wildman–Crippen LogP) is 2.79. The largest absolute Gasteiger partial charge is 0.311 e. The van der Waals surface area contributed by atoms with Crippen molar-refractivity contribution >= 4 is 0 Å². The van der Waals surface area contributed by atoms with Crippen molar-refractivity contribution in [3.63, 3.8) is 0 Å². The van der Waals surface area contributed by atoms with Crippen molar-refractivity contribution in [1.82, 2.24) is 10.3 Å². The van der Waals surface area contributed by atoms with Gasteiger partial charge in [0, 0.05) is 30.4 Å². The van der Waals surface area contributed by atoms with E-state index >= 15 is 0 Å². The predicted molar refractivity (Wildman–Crippen MR) is 64.9 cm³/mol. The van der Waals surface area contributed by atoms with Crippen LogP contribution in [0.4, 0.5) is 0 Å². The lowest BCUT2D eigenvalue weighted by Crippen LogP contribution is -2.42. The number of hydrogen-bond acceptors (Lipinski definition) is 2. The molecule has 0 aliphatic carbocycles. The molecule has 1 rings (SSSR count). The zero-order valence-electron chi connectivity index (χ0n) is 10.1. The molecule has 1 aromatic heterocycles. The molecule has 0 aliphatic heterocycles. The molecule has 0 saturated carbocycles. The van der Waals surface area contributed by atoms with Crippen LogP contribution < -0.4 is 5.32 Å². The van der Waals surface area contributed by atoms with Crippen molar-refractivity contribution < 1.29 is 0 Å². The zero-order valence-corrected chi connectivity index (χ0v) is 10.1. The highest BCUT2D eigenvalue weighted by Gasteiger charge is 2.17. The minimum absolute atomic E-state index is 0.286. The summed E-state index contributed by atoms with van der Waals surface area (Å²) in [6.07, 6.45) is 5.21. The highest BCUT2D eigenvalue weighted by Crippen LogP contribution is 2.13. The van der Waals surface area contributed by atoms with Gasteiger partial charge in [0.15, 0.2) is 0 Å². The molecule has 2 nitrogen and oxygen atoms in total. The fraction of sp³-hybridized carbons (Fsp3) is 0.615. The van der Waals surface area contributed by atoms with Crippen LogP contribution in [-0.4, -0.2) is 17.1 Å². The molecule has 1 heterocycles. The van der Waals surface area contributed by atoms with Gasteiger partial charge in [0.2, 0.25) is 0 Å². The van der Waals surface area contributed by atoms with E-state index in [0.29, 0.717) is 0 Å². The SMILES string of the molecule is CCC(C)(CC)NCCc1ccccn1. The van der Waals surface area contributed by atoms with E-state index in [1.54, 1.807) is 0 Å². The van der Waals surface area contributed by atoms with E-state index < -0.39 is 0 Å². The molecule has 0 fully saturated rings. The molecule has 0 saturated heterocycles. The number of hydrogen-bond donors (Lipinski definition) is 1. The van der Waals surface area contributed by atoms with Crippen molar-refractivity contribution in [3.05, 3.63) is 30.1 Å². The Balaban J connectivity index is 2.33. The molecule has 0 bridgehead atoms. The molecular weight excluding hydrogens is 184 g/mol. The molecule has 0 atom stereocenters. The van der Waals surface area contributed by atoms with Gasteiger partial charge in [0.1, 0.15) is 0 Å². The Hall–Kier alpha value is -0.890. The van der Waals surface area contributed by atoms with Gasteiger partial charge in [0.05, 0.1) is 0 Å². The second-order valence-electron chi connectivity index (χ2n) is 4.27. The van der Waals surface area contributed by atoms with Gasteiger partial charge >= 0.3 is 0 Å². The minimum Gasteiger partial charge on any atom is -0.311 e. The van der Waals surface area contributed by atoms with E-state index in [9.17, 15) is 0 Å². The molecule has 0 aliphatic rings. The molecule has 0 radical (unpaired) electrons. The molecule has 2 heteroatoms. The van der Waals surface area contributed by atoms with Crippen LogP contribution in [0.3, 0.4) is 0 Å². The third-order valence-corrected chi connectivity index (χ3v) is 3.22. The molecule has 0 unspecified atom stereocenters. The van der Waals surface area contributed by atoms with Crippen molar-refractivity contribution in [2.45, 2.75) is 45.6 Å². The molecular formula is C13H22N2. The van der Waals surface area contributed by atoms with Gasteiger partial charge in [-0.3, -0.25) is 4.98 Å². The normalized spacial score (nSPS) is 11.7. The summed E-state index contributed by atoms with van der Waals surface area (Å²) >= 11 is 0. The first-order chi connectivity index (χ1) is 7.20. The first-order valence-corrected chi connectivity index (χ1v) is 5.85. The van der Waals surface area contributed by atoms with E-state index in [1.807, 2.05) is 18.3 Å². The number of nitrogens with one attached hydrogen (secondary N) is 1. The van der Waals surface area contributed by atoms with Gasteiger partial charge in [-0.2, -0.15) is 0 Å². The summed E-state index contributed by atoms with van der Waals surface area (Å²) in [7, 11) is 0. The summed E-state index contributed by atoms with van der Waals surface area (Å²) in [6.45, 7) is 7.76. The second kappa shape index (κ2) is 5.86. The molecule has 0 amide bonds. The topological polar surface area (TPSA) is 24.9 Å². The quantitative estimate of drug-likeness (QED) is 0.774. The summed E-state index contributed by atoms with van der Waals surface area (Å²) in [5.41, 5.74) is 1.45. The van der Waals surface area contributed by atoms with Crippen LogP contribution in [0.1, 0.15) is 39.3 Å². The Kier molecular flexibility index (Phi) is 4.76. The summed E-state index contributed by atoms with van der Waals surface area (Å²) in [6, 6.07) is 6.08. The van der Waals surface area contributed by atoms with Gasteiger partial charge in [0.25, 0.3) is 0 Å². The van der Waals surface area contributed by atoms with E-state index in [4.69, 9.17) is 0 Å². The lowest BCUT2D eigenvalue weighted by molar-refractivity contribution is 0.334. The lowest BCUT2D eigenvalue weighted by atomic mass is 9.95. The van der Waals surface area contributed by atoms with E-state index in [1.165, 1.54) is 18.5 Å². The Labute approximate surface area is 93.1 Å². The van der Waals surface area contributed by atoms with Crippen molar-refractivity contribution in [1.29, 1.82) is 0 Å². The molecule has 84 valence electrons. The van der Waals surface area contributed by atoms with Crippen LogP contribution in [0, 0.1) is 0 Å². The third kappa shape index (κ3) is 4.00. The maximum absolute atomic E-state index is 4.31. The Morgan fingerprint density at radius 1 is 1.27 bits per heavy atom. The van der Waals surface area contributed by atoms with E-state index in [-0.39, 0.29) is 5.54 Å². The average molecular weight is 206 g/mol. The van der Waals surface area contributed by atoms with Crippen LogP contribution in [0.15, 0.2) is 24.4 Å². The molecule has 0 spiro atoms. The molecule has 15 heavy (non-hydrogen) atoms. The minimum atomic E-state index is 0.286. The zero-order chi connectivity index (χ0) is 11.1. The fourth-order valence-electron chi connectivity index (χ4n) is 1.54. The fourth-order valence-corrected chi connectivity index (χ4v) is 1.54. The first-order valence-electron chi connectivity index (χ1n) is 5.85. The lowest BCUT2D eigenvalue weighted by Gasteiger charge is -2.28. The number of aromatic nitrogens is 1. The van der Waals surface area contributed by atoms with E-state index in [2.05, 4.69) is 37.1 Å². The monoisotopic (exact) mass is 206 g/mol. The standard InChI is InChI=1S/C13H22N2/c1-4-13(3,5-2)15-11-9-12-8-6-7-10-14-12/h6-8,10,15H,4-5,9,11H2,1-3H3. The van der Waals surface area contributed by atoms with Gasteiger partial charge in [-0.1, -0.05) is 19.9 Å². The Morgan fingerprint density at radius 2 is 2.00 bits per heavy atom. The van der Waals surface area contributed by atoms with Gasteiger partial charge < -0.3 is 5.32 Å². The van der Waals surface area contributed by atoms with Gasteiger partial charge in [-0.25, -0.2) is 0 Å². The summed E-state index contributed by atoms with van der Waals surface area (Å²) in [5.74, 6) is 0. The number of pyridine rings is 1. The number of nitrogens with zero attached hydrogens (tertiary/aromatic N) is 1.